The third kappa shape index (κ3) is 9.70. The van der Waals surface area contributed by atoms with E-state index in [1.54, 1.807) is 12.1 Å². The fourth-order valence-corrected chi connectivity index (χ4v) is 3.36. The molecule has 0 saturated heterocycles. The van der Waals surface area contributed by atoms with E-state index >= 15 is 0 Å². The highest BCUT2D eigenvalue weighted by atomic mass is 16.6. The number of benzene rings is 2. The molecule has 0 aliphatic rings. The van der Waals surface area contributed by atoms with Crippen molar-refractivity contribution in [2.24, 2.45) is 10.2 Å². The lowest BCUT2D eigenvalue weighted by molar-refractivity contribution is -0.384. The fraction of sp³-hybridized carbons (Fsp3) is 0.500. The summed E-state index contributed by atoms with van der Waals surface area (Å²) in [6.07, 6.45) is 10.9. The molecule has 1 N–H and O–H groups in total. The molecule has 0 aliphatic heterocycles. The van der Waals surface area contributed by atoms with Crippen molar-refractivity contribution in [2.75, 3.05) is 25.1 Å². The number of rotatable bonds is 15. The van der Waals surface area contributed by atoms with Crippen LogP contribution in [-0.2, 0) is 0 Å². The van der Waals surface area contributed by atoms with Gasteiger partial charge in [0.05, 0.1) is 16.3 Å². The SMILES string of the molecule is CN(CCCCCCCCCCCO)c1ccc(N=Nc2ccc([N+](=O)[O-])cc2)cc1. The summed E-state index contributed by atoms with van der Waals surface area (Å²) in [4.78, 5) is 12.5. The number of unbranched alkanes of at least 4 members (excludes halogenated alkanes) is 8. The Morgan fingerprint density at radius 2 is 1.23 bits per heavy atom. The van der Waals surface area contributed by atoms with Gasteiger partial charge in [-0.2, -0.15) is 10.2 Å². The van der Waals surface area contributed by atoms with Crippen molar-refractivity contribution < 1.29 is 10.0 Å². The molecule has 7 heteroatoms. The molecule has 31 heavy (non-hydrogen) atoms. The molecule has 0 aliphatic carbocycles. The Bertz CT molecular complexity index is 791. The Morgan fingerprint density at radius 1 is 0.774 bits per heavy atom. The van der Waals surface area contributed by atoms with Crippen LogP contribution in [-0.4, -0.2) is 30.2 Å². The number of hydrogen-bond acceptors (Lipinski definition) is 6. The molecule has 0 radical (unpaired) electrons. The first kappa shape index (κ1) is 24.5. The molecule has 0 saturated carbocycles. The lowest BCUT2D eigenvalue weighted by Crippen LogP contribution is -2.18. The van der Waals surface area contributed by atoms with Crippen molar-refractivity contribution in [2.45, 2.75) is 57.8 Å². The smallest absolute Gasteiger partial charge is 0.269 e. The summed E-state index contributed by atoms with van der Waals surface area (Å²) in [5, 5.41) is 27.8. The second-order valence-electron chi connectivity index (χ2n) is 7.82. The Labute approximate surface area is 185 Å². The third-order valence-corrected chi connectivity index (χ3v) is 5.28. The van der Waals surface area contributed by atoms with Gasteiger partial charge in [-0.25, -0.2) is 0 Å². The van der Waals surface area contributed by atoms with Gasteiger partial charge >= 0.3 is 0 Å². The normalized spacial score (nSPS) is 11.2. The Morgan fingerprint density at radius 3 is 1.71 bits per heavy atom. The lowest BCUT2D eigenvalue weighted by Gasteiger charge is -2.19. The summed E-state index contributed by atoms with van der Waals surface area (Å²) in [5.41, 5.74) is 2.52. The van der Waals surface area contributed by atoms with E-state index in [4.69, 9.17) is 5.11 Å². The van der Waals surface area contributed by atoms with Crippen LogP contribution < -0.4 is 4.90 Å². The highest BCUT2D eigenvalue weighted by molar-refractivity contribution is 5.52. The predicted molar refractivity (Wildman–Crippen MR) is 126 cm³/mol. The zero-order valence-electron chi connectivity index (χ0n) is 18.4. The summed E-state index contributed by atoms with van der Waals surface area (Å²) >= 11 is 0. The highest BCUT2D eigenvalue weighted by Crippen LogP contribution is 2.23. The van der Waals surface area contributed by atoms with E-state index in [-0.39, 0.29) is 5.69 Å². The average molecular weight is 427 g/mol. The molecule has 7 nitrogen and oxygen atoms in total. The summed E-state index contributed by atoms with van der Waals surface area (Å²) < 4.78 is 0. The molecular weight excluding hydrogens is 392 g/mol. The van der Waals surface area contributed by atoms with E-state index < -0.39 is 4.92 Å². The maximum Gasteiger partial charge on any atom is 0.269 e. The highest BCUT2D eigenvalue weighted by Gasteiger charge is 2.04. The summed E-state index contributed by atoms with van der Waals surface area (Å²) in [5.74, 6) is 0. The number of aliphatic hydroxyl groups is 1. The van der Waals surface area contributed by atoms with E-state index in [0.717, 1.165) is 30.8 Å². The minimum atomic E-state index is -0.432. The zero-order chi connectivity index (χ0) is 22.3. The molecule has 0 atom stereocenters. The number of aliphatic hydroxyl groups excluding tert-OH is 1. The number of nitro groups is 1. The standard InChI is InChI=1S/C24H34N4O3/c1-27(19-9-7-5-3-2-4-6-8-10-20-29)23-15-11-21(12-16-23)25-26-22-13-17-24(18-14-22)28(30)31/h11-18,29H,2-10,19-20H2,1H3. The number of nitro benzene ring substituents is 1. The van der Waals surface area contributed by atoms with Crippen LogP contribution in [0.25, 0.3) is 0 Å². The summed E-state index contributed by atoms with van der Waals surface area (Å²) in [6, 6.07) is 13.9. The molecule has 0 fully saturated rings. The van der Waals surface area contributed by atoms with Crippen molar-refractivity contribution in [1.82, 2.24) is 0 Å². The topological polar surface area (TPSA) is 91.3 Å². The molecular formula is C24H34N4O3. The third-order valence-electron chi connectivity index (χ3n) is 5.28. The van der Waals surface area contributed by atoms with Crippen LogP contribution in [0.15, 0.2) is 58.8 Å². The van der Waals surface area contributed by atoms with Gasteiger partial charge in [-0.1, -0.05) is 44.9 Å². The van der Waals surface area contributed by atoms with Gasteiger partial charge < -0.3 is 10.0 Å². The molecule has 0 bridgehead atoms. The fourth-order valence-electron chi connectivity index (χ4n) is 3.36. The van der Waals surface area contributed by atoms with Gasteiger partial charge in [-0.3, -0.25) is 10.1 Å². The van der Waals surface area contributed by atoms with E-state index in [1.165, 1.54) is 57.1 Å². The molecule has 0 aromatic heterocycles. The van der Waals surface area contributed by atoms with E-state index in [2.05, 4.69) is 22.2 Å². The van der Waals surface area contributed by atoms with Crippen LogP contribution in [0, 0.1) is 10.1 Å². The summed E-state index contributed by atoms with van der Waals surface area (Å²) in [6.45, 7) is 1.35. The average Bonchev–Trinajstić information content (AvgIpc) is 2.79. The van der Waals surface area contributed by atoms with E-state index in [0.29, 0.717) is 12.3 Å². The van der Waals surface area contributed by atoms with E-state index in [9.17, 15) is 10.1 Å². The Hall–Kier alpha value is -2.80. The quantitative estimate of drug-likeness (QED) is 0.144. The number of anilines is 1. The Balaban J connectivity index is 1.66. The second kappa shape index (κ2) is 14.2. The van der Waals surface area contributed by atoms with Crippen LogP contribution >= 0.6 is 0 Å². The Kier molecular flexibility index (Phi) is 11.2. The minimum absolute atomic E-state index is 0.0422. The second-order valence-corrected chi connectivity index (χ2v) is 7.82. The first-order valence-corrected chi connectivity index (χ1v) is 11.2. The van der Waals surface area contributed by atoms with Crippen LogP contribution in [0.4, 0.5) is 22.7 Å². The van der Waals surface area contributed by atoms with Crippen molar-refractivity contribution in [3.8, 4) is 0 Å². The predicted octanol–water partition coefficient (Wildman–Crippen LogP) is 6.95. The van der Waals surface area contributed by atoms with Crippen molar-refractivity contribution in [3.05, 3.63) is 58.6 Å². The van der Waals surface area contributed by atoms with Gasteiger partial charge in [-0.05, 0) is 49.2 Å². The van der Waals surface area contributed by atoms with Gasteiger partial charge in [0.2, 0.25) is 0 Å². The van der Waals surface area contributed by atoms with Gasteiger partial charge in [0.25, 0.3) is 5.69 Å². The summed E-state index contributed by atoms with van der Waals surface area (Å²) in [7, 11) is 2.11. The van der Waals surface area contributed by atoms with Gasteiger partial charge in [-0.15, -0.1) is 0 Å². The number of non-ortho nitro benzene ring substituents is 1. The molecule has 0 spiro atoms. The maximum absolute atomic E-state index is 10.7. The van der Waals surface area contributed by atoms with Crippen LogP contribution in [0.1, 0.15) is 57.8 Å². The molecule has 2 rings (SSSR count). The number of hydrogen-bond donors (Lipinski definition) is 1. The van der Waals surface area contributed by atoms with Gasteiger partial charge in [0.1, 0.15) is 0 Å². The van der Waals surface area contributed by atoms with Crippen molar-refractivity contribution in [1.29, 1.82) is 0 Å². The minimum Gasteiger partial charge on any atom is -0.396 e. The molecule has 168 valence electrons. The molecule has 2 aromatic rings. The van der Waals surface area contributed by atoms with Crippen molar-refractivity contribution in [3.63, 3.8) is 0 Å². The van der Waals surface area contributed by atoms with Crippen LogP contribution in [0.5, 0.6) is 0 Å². The zero-order valence-corrected chi connectivity index (χ0v) is 18.4. The largest absolute Gasteiger partial charge is 0.396 e. The molecule has 0 amide bonds. The van der Waals surface area contributed by atoms with Crippen LogP contribution in [0.2, 0.25) is 0 Å². The monoisotopic (exact) mass is 426 g/mol. The van der Waals surface area contributed by atoms with Gasteiger partial charge in [0, 0.05) is 38.0 Å². The molecule has 2 aromatic carbocycles. The molecule has 0 heterocycles. The van der Waals surface area contributed by atoms with E-state index in [1.807, 2.05) is 24.3 Å². The van der Waals surface area contributed by atoms with Gasteiger partial charge in [0.15, 0.2) is 0 Å². The molecule has 0 unspecified atom stereocenters. The maximum atomic E-state index is 10.7. The first-order chi connectivity index (χ1) is 15.1. The first-order valence-electron chi connectivity index (χ1n) is 11.2. The van der Waals surface area contributed by atoms with Crippen molar-refractivity contribution >= 4 is 22.7 Å². The lowest BCUT2D eigenvalue weighted by atomic mass is 10.1. The van der Waals surface area contributed by atoms with Crippen LogP contribution in [0.3, 0.4) is 0 Å². The number of nitrogens with zero attached hydrogens (tertiary/aromatic N) is 4. The number of azo groups is 1.